The van der Waals surface area contributed by atoms with E-state index >= 15 is 0 Å². The normalized spacial score (nSPS) is 18.3. The van der Waals surface area contributed by atoms with Gasteiger partial charge in [0.05, 0.1) is 5.52 Å². The van der Waals surface area contributed by atoms with E-state index in [0.29, 0.717) is 24.3 Å². The third-order valence-corrected chi connectivity index (χ3v) is 7.18. The standard InChI is InChI=1S/C25H25F2N3O2/c26-20-7-6-19(17-21(20)27)28-13-9-25(10-14-28)11-15-29(16-12-25)24(32)30-22-4-2-1-3-18(22)5-8-23(30)31/h1-8,17H,9-16H2. The second-order valence-corrected chi connectivity index (χ2v) is 8.92. The maximum atomic E-state index is 13.6. The molecule has 166 valence electrons. The molecule has 1 spiro atoms. The zero-order valence-electron chi connectivity index (χ0n) is 17.8. The van der Waals surface area contributed by atoms with E-state index in [0.717, 1.165) is 44.2 Å². The zero-order valence-corrected chi connectivity index (χ0v) is 17.8. The molecule has 0 bridgehead atoms. The van der Waals surface area contributed by atoms with Gasteiger partial charge in [-0.1, -0.05) is 18.2 Å². The fraction of sp³-hybridized carbons (Fsp3) is 0.360. The van der Waals surface area contributed by atoms with Crippen LogP contribution in [0.2, 0.25) is 0 Å². The average Bonchev–Trinajstić information content (AvgIpc) is 2.81. The molecule has 2 aliphatic heterocycles. The first-order chi connectivity index (χ1) is 15.5. The van der Waals surface area contributed by atoms with Crippen molar-refractivity contribution >= 4 is 22.6 Å². The lowest BCUT2D eigenvalue weighted by atomic mass is 9.71. The van der Waals surface area contributed by atoms with E-state index in [1.165, 1.54) is 22.8 Å². The van der Waals surface area contributed by atoms with Gasteiger partial charge < -0.3 is 9.80 Å². The second kappa shape index (κ2) is 8.04. The van der Waals surface area contributed by atoms with Crippen LogP contribution in [0, 0.1) is 17.0 Å². The number of rotatable bonds is 1. The number of hydrogen-bond donors (Lipinski definition) is 0. The summed E-state index contributed by atoms with van der Waals surface area (Å²) in [6.07, 6.45) is 3.65. The minimum absolute atomic E-state index is 0.148. The highest BCUT2D eigenvalue weighted by Gasteiger charge is 2.39. The maximum absolute atomic E-state index is 13.6. The summed E-state index contributed by atoms with van der Waals surface area (Å²) in [6, 6.07) is 14.4. The summed E-state index contributed by atoms with van der Waals surface area (Å²) in [5, 5.41) is 0.860. The average molecular weight is 437 g/mol. The van der Waals surface area contributed by atoms with E-state index in [9.17, 15) is 18.4 Å². The van der Waals surface area contributed by atoms with Crippen LogP contribution in [0.4, 0.5) is 19.3 Å². The number of aromatic nitrogens is 1. The first-order valence-electron chi connectivity index (χ1n) is 11.1. The summed E-state index contributed by atoms with van der Waals surface area (Å²) in [6.45, 7) is 2.78. The summed E-state index contributed by atoms with van der Waals surface area (Å²) in [5.41, 5.74) is 1.18. The Kier molecular flexibility index (Phi) is 5.19. The molecular formula is C25H25F2N3O2. The molecule has 32 heavy (non-hydrogen) atoms. The van der Waals surface area contributed by atoms with Gasteiger partial charge in [-0.05, 0) is 60.7 Å². The quantitative estimate of drug-likeness (QED) is 0.558. The smallest absolute Gasteiger partial charge is 0.331 e. The summed E-state index contributed by atoms with van der Waals surface area (Å²) in [4.78, 5) is 29.6. The van der Waals surface area contributed by atoms with E-state index in [-0.39, 0.29) is 17.0 Å². The Labute approximate surface area is 184 Å². The Hall–Kier alpha value is -3.22. The Morgan fingerprint density at radius 2 is 1.50 bits per heavy atom. The third-order valence-electron chi connectivity index (χ3n) is 7.18. The van der Waals surface area contributed by atoms with Crippen molar-refractivity contribution in [1.29, 1.82) is 0 Å². The number of fused-ring (bicyclic) bond motifs is 1. The molecule has 2 fully saturated rings. The van der Waals surface area contributed by atoms with Crippen molar-refractivity contribution in [3.8, 4) is 0 Å². The molecule has 5 nitrogen and oxygen atoms in total. The largest absolute Gasteiger partial charge is 0.371 e. The molecule has 7 heteroatoms. The molecule has 0 radical (unpaired) electrons. The van der Waals surface area contributed by atoms with Crippen molar-refractivity contribution in [3.63, 3.8) is 0 Å². The number of benzene rings is 2. The highest BCUT2D eigenvalue weighted by molar-refractivity contribution is 5.90. The van der Waals surface area contributed by atoms with Crippen molar-refractivity contribution in [3.05, 3.63) is 76.6 Å². The number of carbonyl (C=O) groups excluding carboxylic acids is 1. The van der Waals surface area contributed by atoms with Crippen LogP contribution in [0.1, 0.15) is 25.7 Å². The molecule has 0 unspecified atom stereocenters. The first kappa shape index (κ1) is 20.7. The topological polar surface area (TPSA) is 45.6 Å². The number of para-hydroxylation sites is 1. The molecule has 0 saturated carbocycles. The molecule has 0 aliphatic carbocycles. The fourth-order valence-corrected chi connectivity index (χ4v) is 5.12. The Balaban J connectivity index is 1.26. The lowest BCUT2D eigenvalue weighted by Gasteiger charge is -2.47. The second-order valence-electron chi connectivity index (χ2n) is 8.92. The van der Waals surface area contributed by atoms with Crippen molar-refractivity contribution < 1.29 is 13.6 Å². The van der Waals surface area contributed by atoms with Crippen molar-refractivity contribution in [2.24, 2.45) is 5.41 Å². The van der Waals surface area contributed by atoms with E-state index in [1.807, 2.05) is 18.2 Å². The molecule has 0 N–H and O–H groups in total. The fourth-order valence-electron chi connectivity index (χ4n) is 5.12. The maximum Gasteiger partial charge on any atom is 0.331 e. The number of amides is 1. The number of carbonyl (C=O) groups is 1. The lowest BCUT2D eigenvalue weighted by Crippen LogP contribution is -2.50. The van der Waals surface area contributed by atoms with Crippen molar-refractivity contribution in [2.45, 2.75) is 25.7 Å². The van der Waals surface area contributed by atoms with Gasteiger partial charge in [0.1, 0.15) is 0 Å². The van der Waals surface area contributed by atoms with Crippen LogP contribution in [0.5, 0.6) is 0 Å². The van der Waals surface area contributed by atoms with Gasteiger partial charge in [-0.15, -0.1) is 0 Å². The lowest BCUT2D eigenvalue weighted by molar-refractivity contribution is 0.0940. The van der Waals surface area contributed by atoms with E-state index in [1.54, 1.807) is 23.1 Å². The molecule has 2 saturated heterocycles. The number of likely N-dealkylation sites (tertiary alicyclic amines) is 1. The summed E-state index contributed by atoms with van der Waals surface area (Å²) in [7, 11) is 0. The van der Waals surface area contributed by atoms with Crippen LogP contribution >= 0.6 is 0 Å². The van der Waals surface area contributed by atoms with Crippen LogP contribution in [-0.4, -0.2) is 41.7 Å². The zero-order chi connectivity index (χ0) is 22.3. The molecular weight excluding hydrogens is 412 g/mol. The summed E-state index contributed by atoms with van der Waals surface area (Å²) in [5.74, 6) is -1.65. The number of piperidine rings is 2. The predicted molar refractivity (Wildman–Crippen MR) is 120 cm³/mol. The van der Waals surface area contributed by atoms with Gasteiger partial charge >= 0.3 is 6.03 Å². The van der Waals surface area contributed by atoms with Gasteiger partial charge in [-0.3, -0.25) is 4.79 Å². The van der Waals surface area contributed by atoms with Gasteiger partial charge in [0.15, 0.2) is 11.6 Å². The number of pyridine rings is 1. The molecule has 1 aromatic heterocycles. The van der Waals surface area contributed by atoms with Crippen LogP contribution < -0.4 is 10.5 Å². The number of nitrogens with zero attached hydrogens (tertiary/aromatic N) is 3. The van der Waals surface area contributed by atoms with E-state index in [2.05, 4.69) is 4.90 Å². The molecule has 3 aromatic rings. The van der Waals surface area contributed by atoms with Gasteiger partial charge in [0.25, 0.3) is 5.56 Å². The first-order valence-corrected chi connectivity index (χ1v) is 11.1. The number of anilines is 1. The minimum atomic E-state index is -0.829. The Morgan fingerprint density at radius 1 is 0.812 bits per heavy atom. The van der Waals surface area contributed by atoms with Gasteiger partial charge in [0, 0.05) is 44.0 Å². The van der Waals surface area contributed by atoms with Crippen LogP contribution in [0.25, 0.3) is 10.9 Å². The Bertz CT molecular complexity index is 1220. The SMILES string of the molecule is O=C(N1CCC2(CC1)CCN(c1ccc(F)c(F)c1)CC2)n1c(=O)ccc2ccccc21. The highest BCUT2D eigenvalue weighted by atomic mass is 19.2. The van der Waals surface area contributed by atoms with Gasteiger partial charge in [0.2, 0.25) is 0 Å². The molecule has 2 aromatic carbocycles. The van der Waals surface area contributed by atoms with Gasteiger partial charge in [-0.25, -0.2) is 18.1 Å². The summed E-state index contributed by atoms with van der Waals surface area (Å²) >= 11 is 0. The van der Waals surface area contributed by atoms with Crippen LogP contribution in [0.15, 0.2) is 59.4 Å². The third kappa shape index (κ3) is 3.66. The monoisotopic (exact) mass is 437 g/mol. The molecule has 2 aliphatic rings. The molecule has 1 amide bonds. The van der Waals surface area contributed by atoms with Crippen LogP contribution in [-0.2, 0) is 0 Å². The van der Waals surface area contributed by atoms with Crippen molar-refractivity contribution in [2.75, 3.05) is 31.1 Å². The number of hydrogen-bond acceptors (Lipinski definition) is 3. The van der Waals surface area contributed by atoms with E-state index < -0.39 is 11.6 Å². The molecule has 5 rings (SSSR count). The Morgan fingerprint density at radius 3 is 2.22 bits per heavy atom. The predicted octanol–water partition coefficient (Wildman–Crippen LogP) is 4.63. The van der Waals surface area contributed by atoms with Gasteiger partial charge in [-0.2, -0.15) is 0 Å². The van der Waals surface area contributed by atoms with Crippen LogP contribution in [0.3, 0.4) is 0 Å². The number of halogens is 2. The minimum Gasteiger partial charge on any atom is -0.371 e. The highest BCUT2D eigenvalue weighted by Crippen LogP contribution is 2.42. The van der Waals surface area contributed by atoms with E-state index in [4.69, 9.17) is 0 Å². The molecule has 0 atom stereocenters. The summed E-state index contributed by atoms with van der Waals surface area (Å²) < 4.78 is 28.1. The molecule has 3 heterocycles. The van der Waals surface area contributed by atoms with Crippen molar-refractivity contribution in [1.82, 2.24) is 9.47 Å².